The molecule has 0 amide bonds. The van der Waals surface area contributed by atoms with Gasteiger partial charge >= 0.3 is 0 Å². The van der Waals surface area contributed by atoms with Crippen molar-refractivity contribution in [3.05, 3.63) is 29.7 Å². The van der Waals surface area contributed by atoms with E-state index in [0.717, 1.165) is 6.54 Å². The molecule has 0 N–H and O–H groups in total. The fourth-order valence-corrected chi connectivity index (χ4v) is 0.960. The van der Waals surface area contributed by atoms with E-state index in [1.54, 1.807) is 0 Å². The molecule has 2 nitrogen and oxygen atoms in total. The van der Waals surface area contributed by atoms with Crippen molar-refractivity contribution < 1.29 is 4.36 Å². The minimum absolute atomic E-state index is 0.823. The molecule has 1 aliphatic heterocycles. The first-order valence-electron chi connectivity index (χ1n) is 2.98. The molecule has 0 saturated heterocycles. The number of pyridine rings is 1. The SMILES string of the molecule is C1=c2cccc[n+]2=NC1. The van der Waals surface area contributed by atoms with Gasteiger partial charge in [-0.25, -0.2) is 0 Å². The summed E-state index contributed by atoms with van der Waals surface area (Å²) in [5.41, 5.74) is 0. The van der Waals surface area contributed by atoms with Gasteiger partial charge in [0.25, 0.3) is 0 Å². The molecule has 0 unspecified atom stereocenters. The van der Waals surface area contributed by atoms with Crippen LogP contribution in [-0.4, -0.2) is 6.54 Å². The molecule has 2 rings (SSSR count). The molecular formula is C7H7N2+. The Hall–Kier alpha value is -1.18. The average Bonchev–Trinajstić information content (AvgIpc) is 2.33. The number of rotatable bonds is 0. The molecule has 0 saturated carbocycles. The topological polar surface area (TPSA) is 18.3 Å². The van der Waals surface area contributed by atoms with Gasteiger partial charge in [-0.05, 0) is 11.2 Å². The Labute approximate surface area is 52.8 Å². The van der Waals surface area contributed by atoms with Gasteiger partial charge in [-0.3, -0.25) is 0 Å². The van der Waals surface area contributed by atoms with Gasteiger partial charge in [0.15, 0.2) is 0 Å². The zero-order valence-electron chi connectivity index (χ0n) is 4.99. The Balaban J connectivity index is 2.97. The predicted octanol–water partition coefficient (Wildman–Crippen LogP) is -0.200. The summed E-state index contributed by atoms with van der Waals surface area (Å²) in [6.07, 6.45) is 4.05. The molecule has 1 aliphatic rings. The van der Waals surface area contributed by atoms with Gasteiger partial charge in [-0.15, -0.1) is 0 Å². The molecule has 1 aromatic heterocycles. The first-order valence-corrected chi connectivity index (χ1v) is 2.98. The summed E-state index contributed by atoms with van der Waals surface area (Å²) in [6.45, 7) is 0.823. The maximum absolute atomic E-state index is 4.16. The minimum Gasteiger partial charge on any atom is -0.0573 e. The molecule has 2 heteroatoms. The summed E-state index contributed by atoms with van der Waals surface area (Å²) in [7, 11) is 0. The number of aromatic nitrogens is 1. The van der Waals surface area contributed by atoms with Crippen LogP contribution in [0.25, 0.3) is 6.08 Å². The predicted molar refractivity (Wildman–Crippen MR) is 33.4 cm³/mol. The van der Waals surface area contributed by atoms with Gasteiger partial charge < -0.3 is 0 Å². The van der Waals surface area contributed by atoms with Crippen molar-refractivity contribution in [3.8, 4) is 0 Å². The van der Waals surface area contributed by atoms with Gasteiger partial charge in [-0.1, -0.05) is 4.36 Å². The number of fused-ring (bicyclic) bond motifs is 1. The Morgan fingerprint density at radius 2 is 2.44 bits per heavy atom. The van der Waals surface area contributed by atoms with Crippen LogP contribution in [-0.2, 0) is 0 Å². The number of nitrogens with zero attached hydrogens (tertiary/aromatic N) is 2. The lowest BCUT2D eigenvalue weighted by atomic mass is 10.4. The Bertz CT molecular complexity index is 294. The number of hydrogen-bond donors (Lipinski definition) is 0. The van der Waals surface area contributed by atoms with Gasteiger partial charge in [0.1, 0.15) is 6.54 Å². The van der Waals surface area contributed by atoms with Crippen LogP contribution in [0.3, 0.4) is 0 Å². The van der Waals surface area contributed by atoms with E-state index in [0.29, 0.717) is 0 Å². The molecule has 0 atom stereocenters. The normalized spacial score (nSPS) is 13.8. The fourth-order valence-electron chi connectivity index (χ4n) is 0.960. The van der Waals surface area contributed by atoms with Gasteiger partial charge in [0, 0.05) is 18.2 Å². The molecule has 9 heavy (non-hydrogen) atoms. The molecule has 0 radical (unpaired) electrons. The molecule has 0 spiro atoms. The van der Waals surface area contributed by atoms with Crippen LogP contribution >= 0.6 is 0 Å². The standard InChI is InChI=1S/C7H7N2/c1-2-6-9-7(3-1)4-5-8-9/h1-4,6H,5H2/q+1. The molecule has 1 aromatic rings. The van der Waals surface area contributed by atoms with Crippen molar-refractivity contribution >= 4 is 6.08 Å². The highest BCUT2D eigenvalue weighted by atomic mass is 15.2. The van der Waals surface area contributed by atoms with Crippen molar-refractivity contribution in [1.29, 1.82) is 0 Å². The Kier molecular flexibility index (Phi) is 0.859. The van der Waals surface area contributed by atoms with E-state index >= 15 is 0 Å². The van der Waals surface area contributed by atoms with E-state index in [2.05, 4.69) is 17.3 Å². The van der Waals surface area contributed by atoms with Crippen LogP contribution in [0.1, 0.15) is 0 Å². The van der Waals surface area contributed by atoms with Crippen molar-refractivity contribution in [2.45, 2.75) is 0 Å². The van der Waals surface area contributed by atoms with Gasteiger partial charge in [0.05, 0.1) is 0 Å². The maximum atomic E-state index is 4.16. The third-order valence-electron chi connectivity index (χ3n) is 1.40. The summed E-state index contributed by atoms with van der Waals surface area (Å²) in [6, 6.07) is 6.05. The molecule has 0 fully saturated rings. The van der Waals surface area contributed by atoms with Crippen molar-refractivity contribution in [3.63, 3.8) is 0 Å². The van der Waals surface area contributed by atoms with E-state index < -0.39 is 0 Å². The third kappa shape index (κ3) is 0.633. The Morgan fingerprint density at radius 1 is 1.44 bits per heavy atom. The minimum atomic E-state index is 0.823. The lowest BCUT2D eigenvalue weighted by molar-refractivity contribution is -0.557. The second-order valence-electron chi connectivity index (χ2n) is 2.00. The first-order chi connectivity index (χ1) is 4.47. The summed E-state index contributed by atoms with van der Waals surface area (Å²) in [4.78, 5) is 0. The average molecular weight is 119 g/mol. The lowest BCUT2D eigenvalue weighted by Gasteiger charge is -1.69. The zero-order chi connectivity index (χ0) is 6.10. The molecule has 2 heterocycles. The van der Waals surface area contributed by atoms with Crippen LogP contribution in [0.15, 0.2) is 29.5 Å². The smallest absolute Gasteiger partial charge is 0.0573 e. The fraction of sp³-hybridized carbons (Fsp3) is 0.143. The molecule has 0 bridgehead atoms. The molecular weight excluding hydrogens is 112 g/mol. The van der Waals surface area contributed by atoms with E-state index in [1.165, 1.54) is 5.35 Å². The van der Waals surface area contributed by atoms with Crippen LogP contribution in [0.2, 0.25) is 0 Å². The van der Waals surface area contributed by atoms with Crippen LogP contribution in [0.4, 0.5) is 0 Å². The van der Waals surface area contributed by atoms with E-state index in [-0.39, 0.29) is 0 Å². The van der Waals surface area contributed by atoms with E-state index in [4.69, 9.17) is 0 Å². The second kappa shape index (κ2) is 1.65. The monoisotopic (exact) mass is 119 g/mol. The zero-order valence-corrected chi connectivity index (χ0v) is 4.99. The van der Waals surface area contributed by atoms with Crippen molar-refractivity contribution in [1.82, 2.24) is 0 Å². The summed E-state index contributed by atoms with van der Waals surface area (Å²) in [5.74, 6) is 0. The van der Waals surface area contributed by atoms with Crippen LogP contribution in [0, 0.1) is 0 Å². The molecule has 44 valence electrons. The highest BCUT2D eigenvalue weighted by Crippen LogP contribution is 1.76. The highest BCUT2D eigenvalue weighted by molar-refractivity contribution is 5.18. The van der Waals surface area contributed by atoms with Crippen molar-refractivity contribution in [2.75, 3.05) is 6.54 Å². The molecule has 0 aliphatic carbocycles. The quantitative estimate of drug-likeness (QED) is 0.421. The van der Waals surface area contributed by atoms with Crippen molar-refractivity contribution in [2.24, 2.45) is 5.11 Å². The summed E-state index contributed by atoms with van der Waals surface area (Å²) >= 11 is 0. The van der Waals surface area contributed by atoms with E-state index in [1.807, 2.05) is 22.7 Å². The third-order valence-corrected chi connectivity index (χ3v) is 1.40. The second-order valence-corrected chi connectivity index (χ2v) is 2.00. The highest BCUT2D eigenvalue weighted by Gasteiger charge is 1.98. The van der Waals surface area contributed by atoms with Gasteiger partial charge in [0.2, 0.25) is 11.5 Å². The lowest BCUT2D eigenvalue weighted by Crippen LogP contribution is -2.32. The largest absolute Gasteiger partial charge is 0.235 e. The van der Waals surface area contributed by atoms with Gasteiger partial charge in [-0.2, -0.15) is 0 Å². The van der Waals surface area contributed by atoms with Crippen LogP contribution < -0.4 is 9.71 Å². The summed E-state index contributed by atoms with van der Waals surface area (Å²) in [5, 5.41) is 5.35. The van der Waals surface area contributed by atoms with Crippen LogP contribution in [0.5, 0.6) is 0 Å². The number of hydrogen-bond acceptors (Lipinski definition) is 1. The summed E-state index contributed by atoms with van der Waals surface area (Å²) < 4.78 is 1.89. The Morgan fingerprint density at radius 3 is 3.33 bits per heavy atom. The maximum Gasteiger partial charge on any atom is 0.235 e. The molecule has 0 aromatic carbocycles. The van der Waals surface area contributed by atoms with E-state index in [9.17, 15) is 0 Å². The first kappa shape index (κ1) is 4.68.